The molecule has 0 aliphatic rings. The van der Waals surface area contributed by atoms with Crippen LogP contribution in [0.5, 0.6) is 0 Å². The molecule has 2 heteroatoms. The van der Waals surface area contributed by atoms with Crippen LogP contribution in [0, 0.1) is 25.1 Å². The van der Waals surface area contributed by atoms with Crippen molar-refractivity contribution < 1.29 is 9.50 Å². The molecule has 0 aliphatic heterocycles. The van der Waals surface area contributed by atoms with Crippen LogP contribution >= 0.6 is 0 Å². The number of aliphatic hydroxyl groups excluding tert-OH is 1. The van der Waals surface area contributed by atoms with Gasteiger partial charge in [0.1, 0.15) is 11.9 Å². The Morgan fingerprint density at radius 3 is 2.67 bits per heavy atom. The maximum Gasteiger partial charge on any atom is 0.140 e. The SMILES string of the molecule is C#CC(O)c1cc(C)cc(F)c1. The Balaban J connectivity index is 3.10. The summed E-state index contributed by atoms with van der Waals surface area (Å²) >= 11 is 0. The number of hydrogen-bond acceptors (Lipinski definition) is 1. The molecule has 12 heavy (non-hydrogen) atoms. The van der Waals surface area contributed by atoms with E-state index >= 15 is 0 Å². The summed E-state index contributed by atoms with van der Waals surface area (Å²) in [6, 6.07) is 4.28. The molecule has 0 bridgehead atoms. The summed E-state index contributed by atoms with van der Waals surface area (Å²) < 4.78 is 12.7. The molecule has 1 atom stereocenters. The number of aliphatic hydroxyl groups is 1. The van der Waals surface area contributed by atoms with E-state index in [1.807, 2.05) is 0 Å². The largest absolute Gasteiger partial charge is 0.376 e. The van der Waals surface area contributed by atoms with Gasteiger partial charge < -0.3 is 5.11 Å². The number of halogens is 1. The van der Waals surface area contributed by atoms with E-state index in [9.17, 15) is 9.50 Å². The van der Waals surface area contributed by atoms with E-state index in [0.29, 0.717) is 5.56 Å². The topological polar surface area (TPSA) is 20.2 Å². The lowest BCUT2D eigenvalue weighted by Gasteiger charge is -2.04. The Hall–Kier alpha value is -1.33. The molecule has 0 aromatic heterocycles. The normalized spacial score (nSPS) is 12.2. The van der Waals surface area contributed by atoms with Gasteiger partial charge >= 0.3 is 0 Å². The lowest BCUT2D eigenvalue weighted by Crippen LogP contribution is -1.94. The van der Waals surface area contributed by atoms with Gasteiger partial charge in [0.05, 0.1) is 0 Å². The second kappa shape index (κ2) is 3.38. The Labute approximate surface area is 70.9 Å². The van der Waals surface area contributed by atoms with E-state index in [2.05, 4.69) is 5.92 Å². The zero-order chi connectivity index (χ0) is 9.14. The maximum atomic E-state index is 12.7. The monoisotopic (exact) mass is 164 g/mol. The average Bonchev–Trinajstić information content (AvgIpc) is 2.01. The van der Waals surface area contributed by atoms with Crippen LogP contribution in [0.4, 0.5) is 4.39 Å². The first-order valence-corrected chi connectivity index (χ1v) is 3.55. The second-order valence-electron chi connectivity index (χ2n) is 2.63. The highest BCUT2D eigenvalue weighted by atomic mass is 19.1. The van der Waals surface area contributed by atoms with Crippen LogP contribution in [-0.2, 0) is 0 Å². The molecule has 0 amide bonds. The van der Waals surface area contributed by atoms with E-state index in [1.165, 1.54) is 12.1 Å². The predicted molar refractivity (Wildman–Crippen MR) is 44.9 cm³/mol. The van der Waals surface area contributed by atoms with Crippen molar-refractivity contribution in [1.29, 1.82) is 0 Å². The number of benzene rings is 1. The summed E-state index contributed by atoms with van der Waals surface area (Å²) in [4.78, 5) is 0. The highest BCUT2D eigenvalue weighted by Crippen LogP contribution is 2.15. The molecule has 0 radical (unpaired) electrons. The van der Waals surface area contributed by atoms with Gasteiger partial charge in [-0.05, 0) is 30.2 Å². The first kappa shape index (κ1) is 8.76. The maximum absolute atomic E-state index is 12.7. The van der Waals surface area contributed by atoms with Gasteiger partial charge in [0.25, 0.3) is 0 Å². The average molecular weight is 164 g/mol. The summed E-state index contributed by atoms with van der Waals surface area (Å²) in [6.45, 7) is 1.75. The quantitative estimate of drug-likeness (QED) is 0.627. The third-order valence-corrected chi connectivity index (χ3v) is 1.54. The molecule has 1 aromatic rings. The molecule has 0 fully saturated rings. The van der Waals surface area contributed by atoms with E-state index < -0.39 is 6.10 Å². The first-order chi connectivity index (χ1) is 5.63. The van der Waals surface area contributed by atoms with Crippen molar-refractivity contribution in [2.24, 2.45) is 0 Å². The second-order valence-corrected chi connectivity index (χ2v) is 2.63. The molecule has 0 heterocycles. The molecule has 1 nitrogen and oxygen atoms in total. The third kappa shape index (κ3) is 1.84. The molecule has 1 unspecified atom stereocenters. The number of rotatable bonds is 1. The van der Waals surface area contributed by atoms with Gasteiger partial charge in [0.15, 0.2) is 0 Å². The van der Waals surface area contributed by atoms with Crippen molar-refractivity contribution in [3.63, 3.8) is 0 Å². The lowest BCUT2D eigenvalue weighted by atomic mass is 10.1. The van der Waals surface area contributed by atoms with Gasteiger partial charge in [-0.1, -0.05) is 12.0 Å². The van der Waals surface area contributed by atoms with Gasteiger partial charge in [0.2, 0.25) is 0 Å². The van der Waals surface area contributed by atoms with Crippen molar-refractivity contribution in [2.45, 2.75) is 13.0 Å². The van der Waals surface area contributed by atoms with Crippen LogP contribution in [-0.4, -0.2) is 5.11 Å². The highest BCUT2D eigenvalue weighted by Gasteiger charge is 2.04. The molecule has 62 valence electrons. The summed E-state index contributed by atoms with van der Waals surface area (Å²) in [5.41, 5.74) is 1.18. The zero-order valence-electron chi connectivity index (χ0n) is 6.71. The van der Waals surface area contributed by atoms with Gasteiger partial charge in [0, 0.05) is 0 Å². The Morgan fingerprint density at radius 1 is 1.50 bits per heavy atom. The molecule has 0 saturated carbocycles. The van der Waals surface area contributed by atoms with E-state index in [4.69, 9.17) is 6.42 Å². The summed E-state index contributed by atoms with van der Waals surface area (Å²) in [7, 11) is 0. The van der Waals surface area contributed by atoms with E-state index in [0.717, 1.165) is 5.56 Å². The minimum Gasteiger partial charge on any atom is -0.376 e. The van der Waals surface area contributed by atoms with Crippen LogP contribution < -0.4 is 0 Å². The Bertz CT molecular complexity index is 305. The smallest absolute Gasteiger partial charge is 0.140 e. The fraction of sp³-hybridized carbons (Fsp3) is 0.200. The third-order valence-electron chi connectivity index (χ3n) is 1.54. The van der Waals surface area contributed by atoms with Crippen LogP contribution in [0.2, 0.25) is 0 Å². The van der Waals surface area contributed by atoms with Crippen LogP contribution in [0.25, 0.3) is 0 Å². The molecule has 0 aliphatic carbocycles. The van der Waals surface area contributed by atoms with Gasteiger partial charge in [-0.25, -0.2) is 4.39 Å². The number of aryl methyl sites for hydroxylation is 1. The fourth-order valence-corrected chi connectivity index (χ4v) is 1.02. The molecule has 0 saturated heterocycles. The Morgan fingerprint density at radius 2 is 2.17 bits per heavy atom. The molecular weight excluding hydrogens is 155 g/mol. The molecule has 1 aromatic carbocycles. The van der Waals surface area contributed by atoms with Crippen LogP contribution in [0.3, 0.4) is 0 Å². The highest BCUT2D eigenvalue weighted by molar-refractivity contribution is 5.28. The van der Waals surface area contributed by atoms with Gasteiger partial charge in [-0.15, -0.1) is 6.42 Å². The van der Waals surface area contributed by atoms with Crippen LogP contribution in [0.15, 0.2) is 18.2 Å². The minimum absolute atomic E-state index is 0.376. The summed E-state index contributed by atoms with van der Waals surface area (Å²) in [6.07, 6.45) is 3.97. The van der Waals surface area contributed by atoms with Gasteiger partial charge in [-0.3, -0.25) is 0 Å². The van der Waals surface area contributed by atoms with Gasteiger partial charge in [-0.2, -0.15) is 0 Å². The standard InChI is InChI=1S/C10H9FO/c1-3-10(12)8-4-7(2)5-9(11)6-8/h1,4-6,10,12H,2H3. The number of hydrogen-bond donors (Lipinski definition) is 1. The number of terminal acetylenes is 1. The Kier molecular flexibility index (Phi) is 2.47. The van der Waals surface area contributed by atoms with Crippen molar-refractivity contribution in [3.8, 4) is 12.3 Å². The molecule has 1 N–H and O–H groups in total. The van der Waals surface area contributed by atoms with Crippen molar-refractivity contribution >= 4 is 0 Å². The predicted octanol–water partition coefficient (Wildman–Crippen LogP) is 1.80. The van der Waals surface area contributed by atoms with Crippen molar-refractivity contribution in [3.05, 3.63) is 35.1 Å². The zero-order valence-corrected chi connectivity index (χ0v) is 6.71. The van der Waals surface area contributed by atoms with E-state index in [1.54, 1.807) is 13.0 Å². The molecule has 0 spiro atoms. The first-order valence-electron chi connectivity index (χ1n) is 3.55. The fourth-order valence-electron chi connectivity index (χ4n) is 1.02. The van der Waals surface area contributed by atoms with E-state index in [-0.39, 0.29) is 5.82 Å². The summed E-state index contributed by atoms with van der Waals surface area (Å²) in [5, 5.41) is 9.18. The molecule has 1 rings (SSSR count). The van der Waals surface area contributed by atoms with Crippen LogP contribution in [0.1, 0.15) is 17.2 Å². The van der Waals surface area contributed by atoms with Crippen molar-refractivity contribution in [2.75, 3.05) is 0 Å². The summed E-state index contributed by atoms with van der Waals surface area (Å²) in [5.74, 6) is 1.75. The lowest BCUT2D eigenvalue weighted by molar-refractivity contribution is 0.238. The minimum atomic E-state index is -1.01. The van der Waals surface area contributed by atoms with Crippen molar-refractivity contribution in [1.82, 2.24) is 0 Å². The molecular formula is C10H9FO.